The standard InChI is InChI=1S/C55H38B2N2/c1-4-19-40(20-5-1)58(41-21-6-2-7-22-41)43-37-35-39(36-38-43)56-48-29-13-10-25-44(48)55(45-26-11-14-30-49(45)56)46-27-12-15-31-50(46)57-51-32-16-17-33-52(51)59(42-23-8-3-9-24-42)53-34-18-28-47(55)54(53)57/h1-38H. The molecule has 0 fully saturated rings. The van der Waals surface area contributed by atoms with E-state index in [4.69, 9.17) is 0 Å². The molecular formula is C55H38B2N2. The summed E-state index contributed by atoms with van der Waals surface area (Å²) in [6.45, 7) is 0.149. The summed E-state index contributed by atoms with van der Waals surface area (Å²) >= 11 is 0. The van der Waals surface area contributed by atoms with Crippen LogP contribution in [-0.2, 0) is 5.41 Å². The quantitative estimate of drug-likeness (QED) is 0.162. The van der Waals surface area contributed by atoms with Crippen LogP contribution >= 0.6 is 0 Å². The van der Waals surface area contributed by atoms with Crippen LogP contribution in [0, 0.1) is 0 Å². The maximum atomic E-state index is 2.49. The van der Waals surface area contributed by atoms with E-state index in [9.17, 15) is 0 Å². The molecule has 0 aliphatic carbocycles. The van der Waals surface area contributed by atoms with Crippen molar-refractivity contribution in [3.8, 4) is 0 Å². The topological polar surface area (TPSA) is 6.48 Å². The second-order valence-electron chi connectivity index (χ2n) is 15.9. The van der Waals surface area contributed by atoms with Crippen molar-refractivity contribution in [3.05, 3.63) is 253 Å². The van der Waals surface area contributed by atoms with E-state index >= 15 is 0 Å². The third kappa shape index (κ3) is 4.90. The Morgan fingerprint density at radius 3 is 1.32 bits per heavy atom. The molecule has 12 rings (SSSR count). The van der Waals surface area contributed by atoms with Crippen molar-refractivity contribution in [2.24, 2.45) is 0 Å². The van der Waals surface area contributed by atoms with Gasteiger partial charge in [-0.1, -0.05) is 192 Å². The maximum Gasteiger partial charge on any atom is 0.247 e. The normalized spacial score (nSPS) is 13.8. The minimum atomic E-state index is -0.534. The highest BCUT2D eigenvalue weighted by Gasteiger charge is 2.55. The van der Waals surface area contributed by atoms with Crippen LogP contribution in [0.2, 0.25) is 0 Å². The first-order chi connectivity index (χ1) is 29.3. The van der Waals surface area contributed by atoms with Gasteiger partial charge in [0.15, 0.2) is 0 Å². The molecule has 59 heavy (non-hydrogen) atoms. The molecule has 9 aromatic rings. The molecule has 9 aromatic carbocycles. The molecule has 0 aromatic heterocycles. The summed E-state index contributed by atoms with van der Waals surface area (Å²) in [5.74, 6) is 0. The first-order valence-corrected chi connectivity index (χ1v) is 20.7. The summed E-state index contributed by atoms with van der Waals surface area (Å²) < 4.78 is 0. The average molecular weight is 749 g/mol. The number of benzene rings is 9. The summed E-state index contributed by atoms with van der Waals surface area (Å²) in [5.41, 5.74) is 20.1. The van der Waals surface area contributed by atoms with Gasteiger partial charge >= 0.3 is 0 Å². The zero-order chi connectivity index (χ0) is 38.9. The highest BCUT2D eigenvalue weighted by atomic mass is 15.2. The van der Waals surface area contributed by atoms with E-state index in [0.29, 0.717) is 0 Å². The lowest BCUT2D eigenvalue weighted by molar-refractivity contribution is 0.757. The molecule has 0 unspecified atom stereocenters. The van der Waals surface area contributed by atoms with Crippen LogP contribution in [0.3, 0.4) is 0 Å². The van der Waals surface area contributed by atoms with E-state index in [0.717, 1.165) is 17.1 Å². The lowest BCUT2D eigenvalue weighted by Gasteiger charge is -2.51. The molecule has 3 heterocycles. The predicted octanol–water partition coefficient (Wildman–Crippen LogP) is 8.98. The second-order valence-corrected chi connectivity index (χ2v) is 15.9. The van der Waals surface area contributed by atoms with Crippen molar-refractivity contribution < 1.29 is 0 Å². The van der Waals surface area contributed by atoms with Crippen molar-refractivity contribution in [2.45, 2.75) is 5.41 Å². The van der Waals surface area contributed by atoms with Crippen LogP contribution in [0.1, 0.15) is 22.3 Å². The Kier molecular flexibility index (Phi) is 7.68. The fourth-order valence-corrected chi connectivity index (χ4v) is 10.9. The molecule has 274 valence electrons. The third-order valence-electron chi connectivity index (χ3n) is 13.1. The Morgan fingerprint density at radius 1 is 0.322 bits per heavy atom. The Morgan fingerprint density at radius 2 is 0.746 bits per heavy atom. The summed E-state index contributed by atoms with van der Waals surface area (Å²) in [4.78, 5) is 4.83. The number of hydrogen-bond acceptors (Lipinski definition) is 2. The van der Waals surface area contributed by atoms with Gasteiger partial charge in [-0.15, -0.1) is 0 Å². The first-order valence-electron chi connectivity index (χ1n) is 20.7. The van der Waals surface area contributed by atoms with Gasteiger partial charge in [0.1, 0.15) is 0 Å². The Bertz CT molecular complexity index is 2930. The highest BCUT2D eigenvalue weighted by Crippen LogP contribution is 2.49. The fraction of sp³-hybridized carbons (Fsp3) is 0.0182. The predicted molar refractivity (Wildman–Crippen MR) is 250 cm³/mol. The van der Waals surface area contributed by atoms with E-state index in [-0.39, 0.29) is 13.4 Å². The molecule has 1 spiro atoms. The minimum Gasteiger partial charge on any atom is -0.312 e. The van der Waals surface area contributed by atoms with Crippen LogP contribution in [-0.4, -0.2) is 13.4 Å². The number of para-hydroxylation sites is 4. The molecule has 4 heteroatoms. The largest absolute Gasteiger partial charge is 0.312 e. The van der Waals surface area contributed by atoms with Gasteiger partial charge in [0.25, 0.3) is 0 Å². The number of nitrogens with zero attached hydrogens (tertiary/aromatic N) is 2. The van der Waals surface area contributed by atoms with Crippen LogP contribution in [0.5, 0.6) is 0 Å². The van der Waals surface area contributed by atoms with Crippen LogP contribution in [0.25, 0.3) is 0 Å². The monoisotopic (exact) mass is 748 g/mol. The lowest BCUT2D eigenvalue weighted by atomic mass is 9.25. The summed E-state index contributed by atoms with van der Waals surface area (Å²) in [6, 6.07) is 85.5. The zero-order valence-corrected chi connectivity index (χ0v) is 32.5. The Labute approximate surface area is 346 Å². The summed E-state index contributed by atoms with van der Waals surface area (Å²) in [7, 11) is 0. The molecule has 0 radical (unpaired) electrons. The Hall–Kier alpha value is -7.29. The molecule has 0 amide bonds. The van der Waals surface area contributed by atoms with Gasteiger partial charge in [0.2, 0.25) is 13.4 Å². The van der Waals surface area contributed by atoms with Crippen molar-refractivity contribution >= 4 is 80.3 Å². The first kappa shape index (κ1) is 33.8. The molecule has 2 nitrogen and oxygen atoms in total. The molecular weight excluding hydrogens is 710 g/mol. The molecule has 0 atom stereocenters. The second kappa shape index (κ2) is 13.4. The van der Waals surface area contributed by atoms with Gasteiger partial charge in [-0.3, -0.25) is 0 Å². The summed E-state index contributed by atoms with van der Waals surface area (Å²) in [6.07, 6.45) is 0. The fourth-order valence-electron chi connectivity index (χ4n) is 10.9. The smallest absolute Gasteiger partial charge is 0.247 e. The van der Waals surface area contributed by atoms with Crippen LogP contribution < -0.4 is 42.6 Å². The molecule has 3 aliphatic heterocycles. The number of hydrogen-bond donors (Lipinski definition) is 0. The van der Waals surface area contributed by atoms with Gasteiger partial charge in [-0.2, -0.15) is 0 Å². The zero-order valence-electron chi connectivity index (χ0n) is 32.5. The summed E-state index contributed by atoms with van der Waals surface area (Å²) in [5, 5.41) is 0. The Balaban J connectivity index is 1.09. The number of fused-ring (bicyclic) bond motifs is 10. The number of anilines is 6. The van der Waals surface area contributed by atoms with Crippen LogP contribution in [0.4, 0.5) is 34.1 Å². The van der Waals surface area contributed by atoms with Crippen LogP contribution in [0.15, 0.2) is 231 Å². The third-order valence-corrected chi connectivity index (χ3v) is 13.1. The number of rotatable bonds is 5. The minimum absolute atomic E-state index is 0.0509. The molecule has 0 saturated heterocycles. The van der Waals surface area contributed by atoms with Gasteiger partial charge in [0.05, 0.1) is 5.41 Å². The van der Waals surface area contributed by atoms with E-state index in [2.05, 4.69) is 240 Å². The van der Waals surface area contributed by atoms with E-state index in [1.165, 1.54) is 72.1 Å². The van der Waals surface area contributed by atoms with Crippen molar-refractivity contribution in [1.82, 2.24) is 0 Å². The SMILES string of the molecule is c1ccc(N(c2ccccc2)c2ccc(B3c4ccccc4C4(c5ccccc53)c3ccccc3B3c5ccccc5N(c5ccccc5)c5cccc4c53)cc2)cc1. The molecule has 0 N–H and O–H groups in total. The van der Waals surface area contributed by atoms with Gasteiger partial charge in [0, 0.05) is 34.1 Å². The van der Waals surface area contributed by atoms with E-state index in [1.807, 2.05) is 0 Å². The van der Waals surface area contributed by atoms with Crippen molar-refractivity contribution in [2.75, 3.05) is 9.80 Å². The van der Waals surface area contributed by atoms with E-state index in [1.54, 1.807) is 0 Å². The molecule has 0 saturated carbocycles. The molecule has 3 aliphatic rings. The maximum absolute atomic E-state index is 2.49. The van der Waals surface area contributed by atoms with Crippen molar-refractivity contribution in [1.29, 1.82) is 0 Å². The lowest BCUT2D eigenvalue weighted by Crippen LogP contribution is -2.69. The van der Waals surface area contributed by atoms with E-state index < -0.39 is 5.41 Å². The van der Waals surface area contributed by atoms with Crippen molar-refractivity contribution in [3.63, 3.8) is 0 Å². The van der Waals surface area contributed by atoms with Gasteiger partial charge < -0.3 is 9.80 Å². The highest BCUT2D eigenvalue weighted by molar-refractivity contribution is 6.99. The van der Waals surface area contributed by atoms with Gasteiger partial charge in [-0.25, -0.2) is 0 Å². The molecule has 0 bridgehead atoms. The van der Waals surface area contributed by atoms with Gasteiger partial charge in [-0.05, 0) is 93.8 Å². The average Bonchev–Trinajstić information content (AvgIpc) is 3.31.